The number of aryl methyl sites for hydroxylation is 2. The lowest BCUT2D eigenvalue weighted by Crippen LogP contribution is -2.30. The summed E-state index contributed by atoms with van der Waals surface area (Å²) >= 11 is 0. The van der Waals surface area contributed by atoms with Crippen molar-refractivity contribution in [1.82, 2.24) is 4.72 Å². The Morgan fingerprint density at radius 1 is 0.962 bits per heavy atom. The van der Waals surface area contributed by atoms with Crippen LogP contribution in [-0.2, 0) is 27.7 Å². The summed E-state index contributed by atoms with van der Waals surface area (Å²) < 4.78 is 26.7. The van der Waals surface area contributed by atoms with E-state index in [2.05, 4.69) is 17.0 Å². The second kappa shape index (κ2) is 8.96. The van der Waals surface area contributed by atoms with Crippen LogP contribution in [0.25, 0.3) is 0 Å². The van der Waals surface area contributed by atoms with Crippen LogP contribution in [0, 0.1) is 0 Å². The first-order chi connectivity index (χ1) is 12.3. The third kappa shape index (κ3) is 5.97. The van der Waals surface area contributed by atoms with Crippen molar-refractivity contribution >= 4 is 21.6 Å². The minimum atomic E-state index is -3.48. The number of hydrogen-bond acceptors (Lipinski definition) is 3. The smallest absolute Gasteiger partial charge is 0.240 e. The fourth-order valence-electron chi connectivity index (χ4n) is 2.52. The van der Waals surface area contributed by atoms with E-state index in [1.54, 1.807) is 38.1 Å². The van der Waals surface area contributed by atoms with Crippen LogP contribution in [0.1, 0.15) is 38.3 Å². The van der Waals surface area contributed by atoms with Crippen molar-refractivity contribution in [3.8, 4) is 0 Å². The van der Waals surface area contributed by atoms with Gasteiger partial charge in [0.05, 0.1) is 4.90 Å². The van der Waals surface area contributed by atoms with Crippen LogP contribution in [0.15, 0.2) is 53.4 Å². The monoisotopic (exact) mass is 374 g/mol. The molecule has 1 amide bonds. The van der Waals surface area contributed by atoms with Crippen molar-refractivity contribution in [2.75, 3.05) is 5.32 Å². The number of carbonyl (C=O) groups is 1. The fraction of sp³-hybridized carbons (Fsp3) is 0.350. The Kier molecular flexibility index (Phi) is 6.94. The number of nitrogens with one attached hydrogen (secondary N) is 2. The summed E-state index contributed by atoms with van der Waals surface area (Å²) in [7, 11) is -3.48. The van der Waals surface area contributed by atoms with Gasteiger partial charge in [0.1, 0.15) is 0 Å². The van der Waals surface area contributed by atoms with Gasteiger partial charge in [-0.15, -0.1) is 0 Å². The first kappa shape index (κ1) is 20.1. The number of amides is 1. The van der Waals surface area contributed by atoms with Crippen molar-refractivity contribution in [3.63, 3.8) is 0 Å². The molecule has 0 aliphatic carbocycles. The van der Waals surface area contributed by atoms with E-state index in [9.17, 15) is 13.2 Å². The fourth-order valence-corrected chi connectivity index (χ4v) is 3.77. The Balaban J connectivity index is 1.89. The molecule has 0 spiro atoms. The average Bonchev–Trinajstić information content (AvgIpc) is 2.60. The predicted octanol–water partition coefficient (Wildman–Crippen LogP) is 3.51. The molecule has 0 unspecified atom stereocenters. The molecular weight excluding hydrogens is 348 g/mol. The van der Waals surface area contributed by atoms with Crippen LogP contribution in [0.5, 0.6) is 0 Å². The van der Waals surface area contributed by atoms with E-state index in [4.69, 9.17) is 0 Å². The van der Waals surface area contributed by atoms with E-state index < -0.39 is 10.0 Å². The molecule has 26 heavy (non-hydrogen) atoms. The Morgan fingerprint density at radius 3 is 2.08 bits per heavy atom. The van der Waals surface area contributed by atoms with Gasteiger partial charge in [0.2, 0.25) is 15.9 Å². The van der Waals surface area contributed by atoms with E-state index in [1.165, 1.54) is 5.56 Å². The molecule has 0 aliphatic rings. The molecular formula is C20H26N2O3S. The van der Waals surface area contributed by atoms with E-state index in [-0.39, 0.29) is 16.8 Å². The standard InChI is InChI=1S/C20H26N2O3S/c1-4-16-5-10-18(11-6-16)21-20(23)14-9-17-7-12-19(13-8-17)26(24,25)22-15(2)3/h5-8,10-13,15,22H,4,9,14H2,1-3H3,(H,21,23). The first-order valence-corrected chi connectivity index (χ1v) is 10.3. The lowest BCUT2D eigenvalue weighted by Gasteiger charge is -2.10. The van der Waals surface area contributed by atoms with Gasteiger partial charge in [0.15, 0.2) is 0 Å². The van der Waals surface area contributed by atoms with E-state index in [0.717, 1.165) is 17.7 Å². The molecule has 0 saturated carbocycles. The summed E-state index contributed by atoms with van der Waals surface area (Å²) in [6.07, 6.45) is 1.86. The summed E-state index contributed by atoms with van der Waals surface area (Å²) in [6, 6.07) is 14.3. The van der Waals surface area contributed by atoms with E-state index in [1.807, 2.05) is 24.3 Å². The second-order valence-corrected chi connectivity index (χ2v) is 8.23. The Morgan fingerprint density at radius 2 is 1.54 bits per heavy atom. The van der Waals surface area contributed by atoms with Crippen molar-refractivity contribution in [1.29, 1.82) is 0 Å². The molecule has 0 fully saturated rings. The number of carbonyl (C=O) groups excluding carboxylic acids is 1. The molecule has 6 heteroatoms. The van der Waals surface area contributed by atoms with E-state index in [0.29, 0.717) is 12.8 Å². The van der Waals surface area contributed by atoms with E-state index >= 15 is 0 Å². The molecule has 5 nitrogen and oxygen atoms in total. The molecule has 2 aromatic carbocycles. The molecule has 0 atom stereocenters. The van der Waals surface area contributed by atoms with Gasteiger partial charge >= 0.3 is 0 Å². The Bertz CT molecular complexity index is 826. The van der Waals surface area contributed by atoms with Gasteiger partial charge in [-0.2, -0.15) is 0 Å². The molecule has 0 saturated heterocycles. The molecule has 0 aliphatic heterocycles. The molecule has 0 radical (unpaired) electrons. The van der Waals surface area contributed by atoms with Crippen LogP contribution >= 0.6 is 0 Å². The van der Waals surface area contributed by atoms with Gasteiger partial charge in [-0.1, -0.05) is 31.2 Å². The molecule has 2 N–H and O–H groups in total. The lowest BCUT2D eigenvalue weighted by molar-refractivity contribution is -0.116. The third-order valence-corrected chi connectivity index (χ3v) is 5.59. The minimum absolute atomic E-state index is 0.0626. The van der Waals surface area contributed by atoms with Gasteiger partial charge in [0, 0.05) is 18.2 Å². The zero-order chi connectivity index (χ0) is 19.2. The highest BCUT2D eigenvalue weighted by Gasteiger charge is 2.15. The van der Waals surface area contributed by atoms with Crippen LogP contribution in [0.2, 0.25) is 0 Å². The topological polar surface area (TPSA) is 75.3 Å². The number of sulfonamides is 1. The predicted molar refractivity (Wildman–Crippen MR) is 105 cm³/mol. The van der Waals surface area contributed by atoms with Gasteiger partial charge in [-0.3, -0.25) is 4.79 Å². The van der Waals surface area contributed by atoms with Crippen molar-refractivity contribution in [2.24, 2.45) is 0 Å². The van der Waals surface area contributed by atoms with Gasteiger partial charge < -0.3 is 5.32 Å². The lowest BCUT2D eigenvalue weighted by atomic mass is 10.1. The molecule has 0 heterocycles. The first-order valence-electron chi connectivity index (χ1n) is 8.80. The molecule has 140 valence electrons. The summed E-state index contributed by atoms with van der Waals surface area (Å²) in [4.78, 5) is 12.3. The molecule has 0 aromatic heterocycles. The summed E-state index contributed by atoms with van der Waals surface area (Å²) in [6.45, 7) is 5.64. The maximum atomic E-state index is 12.1. The number of rotatable bonds is 8. The van der Waals surface area contributed by atoms with Crippen molar-refractivity contribution < 1.29 is 13.2 Å². The van der Waals surface area contributed by atoms with Gasteiger partial charge in [-0.25, -0.2) is 13.1 Å². The zero-order valence-corrected chi connectivity index (χ0v) is 16.3. The second-order valence-electron chi connectivity index (χ2n) is 6.52. The maximum Gasteiger partial charge on any atom is 0.240 e. The molecule has 2 rings (SSSR count). The normalized spacial score (nSPS) is 11.5. The van der Waals surface area contributed by atoms with Crippen LogP contribution in [0.3, 0.4) is 0 Å². The minimum Gasteiger partial charge on any atom is -0.326 e. The van der Waals surface area contributed by atoms with Gasteiger partial charge in [-0.05, 0) is 62.1 Å². The quantitative estimate of drug-likeness (QED) is 0.742. The maximum absolute atomic E-state index is 12.1. The number of benzene rings is 2. The Hall–Kier alpha value is -2.18. The zero-order valence-electron chi connectivity index (χ0n) is 15.5. The summed E-state index contributed by atoms with van der Waals surface area (Å²) in [5.74, 6) is -0.0626. The van der Waals surface area contributed by atoms with Crippen LogP contribution in [-0.4, -0.2) is 20.4 Å². The highest BCUT2D eigenvalue weighted by molar-refractivity contribution is 7.89. The highest BCUT2D eigenvalue weighted by Crippen LogP contribution is 2.14. The number of hydrogen-bond donors (Lipinski definition) is 2. The largest absolute Gasteiger partial charge is 0.326 e. The van der Waals surface area contributed by atoms with Crippen molar-refractivity contribution in [2.45, 2.75) is 51.0 Å². The summed E-state index contributed by atoms with van der Waals surface area (Å²) in [5.41, 5.74) is 2.93. The SMILES string of the molecule is CCc1ccc(NC(=O)CCc2ccc(S(=O)(=O)NC(C)C)cc2)cc1. The van der Waals surface area contributed by atoms with Crippen LogP contribution < -0.4 is 10.0 Å². The Labute approximate surface area is 155 Å². The molecule has 2 aromatic rings. The third-order valence-electron chi connectivity index (χ3n) is 3.91. The molecule has 0 bridgehead atoms. The van der Waals surface area contributed by atoms with Crippen molar-refractivity contribution in [3.05, 3.63) is 59.7 Å². The van der Waals surface area contributed by atoms with Gasteiger partial charge in [0.25, 0.3) is 0 Å². The summed E-state index contributed by atoms with van der Waals surface area (Å²) in [5, 5.41) is 2.88. The average molecular weight is 375 g/mol. The highest BCUT2D eigenvalue weighted by atomic mass is 32.2. The van der Waals surface area contributed by atoms with Crippen LogP contribution in [0.4, 0.5) is 5.69 Å². The number of anilines is 1.